The summed E-state index contributed by atoms with van der Waals surface area (Å²) in [5.74, 6) is -0.900. The van der Waals surface area contributed by atoms with Gasteiger partial charge in [-0.15, -0.1) is 0 Å². The summed E-state index contributed by atoms with van der Waals surface area (Å²) in [7, 11) is 1.16. The minimum Gasteiger partial charge on any atom is -0.508 e. The van der Waals surface area contributed by atoms with Gasteiger partial charge in [0.25, 0.3) is 0 Å². The van der Waals surface area contributed by atoms with Gasteiger partial charge in [-0.1, -0.05) is 0 Å². The van der Waals surface area contributed by atoms with Crippen LogP contribution in [0.5, 0.6) is 5.75 Å². The standard InChI is InChI=1S/C15H21NO6/c1-15(2,3)22-14(20)16-10-5-6-11(17)9(7-10)8-12(18)13(19)21-4/h5-7,12,17-18H,8H2,1-4H3,(H,16,20). The Kier molecular flexibility index (Phi) is 5.76. The molecule has 122 valence electrons. The summed E-state index contributed by atoms with van der Waals surface area (Å²) < 4.78 is 9.53. The molecule has 0 radical (unpaired) electrons. The van der Waals surface area contributed by atoms with Crippen molar-refractivity contribution in [2.45, 2.75) is 38.9 Å². The number of hydrogen-bond donors (Lipinski definition) is 3. The minimum absolute atomic E-state index is 0.0994. The number of phenolic OH excluding ortho intramolecular Hbond substituents is 1. The summed E-state index contributed by atoms with van der Waals surface area (Å²) in [5.41, 5.74) is 0.0378. The normalized spacial score (nSPS) is 12.4. The lowest BCUT2D eigenvalue weighted by Gasteiger charge is -2.20. The third-order valence-corrected chi connectivity index (χ3v) is 2.61. The molecule has 22 heavy (non-hydrogen) atoms. The highest BCUT2D eigenvalue weighted by molar-refractivity contribution is 5.85. The molecule has 1 amide bonds. The molecule has 0 spiro atoms. The molecule has 0 bridgehead atoms. The van der Waals surface area contributed by atoms with Crippen LogP contribution in [0.1, 0.15) is 26.3 Å². The lowest BCUT2D eigenvalue weighted by Crippen LogP contribution is -2.27. The summed E-state index contributed by atoms with van der Waals surface area (Å²) >= 11 is 0. The van der Waals surface area contributed by atoms with Gasteiger partial charge >= 0.3 is 12.1 Å². The van der Waals surface area contributed by atoms with Gasteiger partial charge in [0, 0.05) is 12.1 Å². The van der Waals surface area contributed by atoms with E-state index >= 15 is 0 Å². The van der Waals surface area contributed by atoms with Crippen LogP contribution in [0.2, 0.25) is 0 Å². The molecule has 1 aromatic rings. The lowest BCUT2D eigenvalue weighted by molar-refractivity contribution is -0.150. The van der Waals surface area contributed by atoms with Crippen LogP contribution in [0.25, 0.3) is 0 Å². The third kappa shape index (κ3) is 5.61. The van der Waals surface area contributed by atoms with Crippen LogP contribution in [0.15, 0.2) is 18.2 Å². The number of anilines is 1. The van der Waals surface area contributed by atoms with E-state index in [0.29, 0.717) is 11.3 Å². The minimum atomic E-state index is -1.40. The second-order valence-electron chi connectivity index (χ2n) is 5.71. The van der Waals surface area contributed by atoms with Gasteiger partial charge in [-0.3, -0.25) is 5.32 Å². The van der Waals surface area contributed by atoms with Gasteiger partial charge in [0.1, 0.15) is 11.4 Å². The van der Waals surface area contributed by atoms with E-state index in [4.69, 9.17) is 4.74 Å². The van der Waals surface area contributed by atoms with Gasteiger partial charge in [0.15, 0.2) is 6.10 Å². The summed E-state index contributed by atoms with van der Waals surface area (Å²) in [5, 5.41) is 21.9. The van der Waals surface area contributed by atoms with Crippen molar-refractivity contribution in [2.75, 3.05) is 12.4 Å². The van der Waals surface area contributed by atoms with Gasteiger partial charge in [-0.25, -0.2) is 9.59 Å². The summed E-state index contributed by atoms with van der Waals surface area (Å²) in [6.45, 7) is 5.21. The maximum Gasteiger partial charge on any atom is 0.412 e. The van der Waals surface area contributed by atoms with E-state index in [0.717, 1.165) is 7.11 Å². The molecule has 1 aromatic carbocycles. The van der Waals surface area contributed by atoms with Crippen molar-refractivity contribution in [3.05, 3.63) is 23.8 Å². The zero-order valence-corrected chi connectivity index (χ0v) is 13.0. The van der Waals surface area contributed by atoms with Crippen molar-refractivity contribution in [2.24, 2.45) is 0 Å². The molecule has 7 heteroatoms. The van der Waals surface area contributed by atoms with E-state index in [9.17, 15) is 19.8 Å². The molecule has 0 aliphatic heterocycles. The number of hydrogen-bond acceptors (Lipinski definition) is 6. The number of esters is 1. The number of aliphatic hydroxyl groups excluding tert-OH is 1. The second-order valence-corrected chi connectivity index (χ2v) is 5.71. The van der Waals surface area contributed by atoms with E-state index in [-0.39, 0.29) is 12.2 Å². The van der Waals surface area contributed by atoms with E-state index in [1.54, 1.807) is 20.8 Å². The van der Waals surface area contributed by atoms with E-state index < -0.39 is 23.8 Å². The zero-order valence-electron chi connectivity index (χ0n) is 13.0. The summed E-state index contributed by atoms with van der Waals surface area (Å²) in [4.78, 5) is 22.9. The smallest absolute Gasteiger partial charge is 0.412 e. The molecule has 0 saturated carbocycles. The molecule has 1 atom stereocenters. The molecule has 0 saturated heterocycles. The summed E-state index contributed by atoms with van der Waals surface area (Å²) in [6.07, 6.45) is -2.17. The van der Waals surface area contributed by atoms with Crippen LogP contribution in [-0.2, 0) is 20.7 Å². The van der Waals surface area contributed by atoms with E-state index in [1.165, 1.54) is 18.2 Å². The van der Waals surface area contributed by atoms with Crippen LogP contribution in [0.4, 0.5) is 10.5 Å². The highest BCUT2D eigenvalue weighted by atomic mass is 16.6. The van der Waals surface area contributed by atoms with Crippen molar-refractivity contribution in [3.8, 4) is 5.75 Å². The largest absolute Gasteiger partial charge is 0.508 e. The molecule has 7 nitrogen and oxygen atoms in total. The number of phenols is 1. The monoisotopic (exact) mass is 311 g/mol. The van der Waals surface area contributed by atoms with Crippen molar-refractivity contribution < 1.29 is 29.3 Å². The van der Waals surface area contributed by atoms with Crippen LogP contribution in [0, 0.1) is 0 Å². The highest BCUT2D eigenvalue weighted by Gasteiger charge is 2.19. The molecule has 1 unspecified atom stereocenters. The molecular weight excluding hydrogens is 290 g/mol. The fraction of sp³-hybridized carbons (Fsp3) is 0.467. The van der Waals surface area contributed by atoms with E-state index in [2.05, 4.69) is 10.1 Å². The quantitative estimate of drug-likeness (QED) is 0.578. The first-order chi connectivity index (χ1) is 10.1. The SMILES string of the molecule is COC(=O)C(O)Cc1cc(NC(=O)OC(C)(C)C)ccc1O. The third-order valence-electron chi connectivity index (χ3n) is 2.61. The number of methoxy groups -OCH3 is 1. The number of ether oxygens (including phenoxy) is 2. The predicted octanol–water partition coefficient (Wildman–Crippen LogP) is 1.82. The molecule has 0 aliphatic rings. The number of carbonyl (C=O) groups excluding carboxylic acids is 2. The molecular formula is C15H21NO6. The Bertz CT molecular complexity index is 549. The highest BCUT2D eigenvalue weighted by Crippen LogP contribution is 2.23. The molecule has 0 fully saturated rings. The first-order valence-electron chi connectivity index (χ1n) is 6.70. The molecule has 0 aromatic heterocycles. The number of nitrogens with one attached hydrogen (secondary N) is 1. The molecule has 1 rings (SSSR count). The number of benzene rings is 1. The van der Waals surface area contributed by atoms with Crippen molar-refractivity contribution >= 4 is 17.7 Å². The maximum atomic E-state index is 11.7. The average Bonchev–Trinajstić information content (AvgIpc) is 2.39. The van der Waals surface area contributed by atoms with Crippen LogP contribution in [0.3, 0.4) is 0 Å². The Morgan fingerprint density at radius 2 is 1.95 bits per heavy atom. The van der Waals surface area contributed by atoms with E-state index in [1.807, 2.05) is 0 Å². The zero-order chi connectivity index (χ0) is 16.9. The Morgan fingerprint density at radius 1 is 1.32 bits per heavy atom. The Balaban J connectivity index is 2.81. The number of aromatic hydroxyl groups is 1. The first kappa shape index (κ1) is 17.8. The Labute approximate surface area is 128 Å². The fourth-order valence-corrected chi connectivity index (χ4v) is 1.68. The Morgan fingerprint density at radius 3 is 2.50 bits per heavy atom. The molecule has 0 heterocycles. The summed E-state index contributed by atoms with van der Waals surface area (Å²) in [6, 6.07) is 4.28. The first-order valence-corrected chi connectivity index (χ1v) is 6.70. The maximum absolute atomic E-state index is 11.7. The van der Waals surface area contributed by atoms with Crippen LogP contribution in [-0.4, -0.2) is 41.1 Å². The van der Waals surface area contributed by atoms with Gasteiger partial charge in [-0.05, 0) is 44.5 Å². The van der Waals surface area contributed by atoms with Crippen molar-refractivity contribution in [1.29, 1.82) is 0 Å². The average molecular weight is 311 g/mol. The second kappa shape index (κ2) is 7.13. The van der Waals surface area contributed by atoms with Gasteiger partial charge in [0.05, 0.1) is 7.11 Å². The number of aliphatic hydroxyl groups is 1. The number of rotatable bonds is 4. The van der Waals surface area contributed by atoms with Crippen molar-refractivity contribution in [1.82, 2.24) is 0 Å². The van der Waals surface area contributed by atoms with Gasteiger partial charge in [0.2, 0.25) is 0 Å². The van der Waals surface area contributed by atoms with Crippen LogP contribution < -0.4 is 5.32 Å². The van der Waals surface area contributed by atoms with Crippen LogP contribution >= 0.6 is 0 Å². The molecule has 3 N–H and O–H groups in total. The fourth-order valence-electron chi connectivity index (χ4n) is 1.68. The van der Waals surface area contributed by atoms with Gasteiger partial charge in [-0.2, -0.15) is 0 Å². The van der Waals surface area contributed by atoms with Gasteiger partial charge < -0.3 is 19.7 Å². The number of carbonyl (C=O) groups is 2. The Hall–Kier alpha value is -2.28. The number of amides is 1. The predicted molar refractivity (Wildman–Crippen MR) is 79.7 cm³/mol. The lowest BCUT2D eigenvalue weighted by atomic mass is 10.1. The van der Waals surface area contributed by atoms with Crippen molar-refractivity contribution in [3.63, 3.8) is 0 Å². The molecule has 0 aliphatic carbocycles. The topological polar surface area (TPSA) is 105 Å².